The van der Waals surface area contributed by atoms with Gasteiger partial charge in [-0.25, -0.2) is 8.78 Å². The third-order valence-electron chi connectivity index (χ3n) is 4.37. The summed E-state index contributed by atoms with van der Waals surface area (Å²) in [6.07, 6.45) is 3.75. The van der Waals surface area contributed by atoms with E-state index in [9.17, 15) is 17.2 Å². The van der Waals surface area contributed by atoms with Crippen LogP contribution in [0.5, 0.6) is 5.75 Å². The summed E-state index contributed by atoms with van der Waals surface area (Å²) < 4.78 is 60.5. The van der Waals surface area contributed by atoms with E-state index in [1.165, 1.54) is 7.05 Å². The molecule has 1 N–H and O–H groups in total. The molecule has 0 amide bonds. The van der Waals surface area contributed by atoms with Crippen molar-refractivity contribution >= 4 is 21.6 Å². The Bertz CT molecular complexity index is 937. The van der Waals surface area contributed by atoms with Gasteiger partial charge in [-0.2, -0.15) is 8.42 Å². The lowest BCUT2D eigenvalue weighted by Crippen LogP contribution is -2.32. The van der Waals surface area contributed by atoms with Gasteiger partial charge < -0.3 is 9.64 Å². The second-order valence-corrected chi connectivity index (χ2v) is 8.50. The molecule has 0 unspecified atom stereocenters. The lowest BCUT2D eigenvalue weighted by atomic mass is 10.3. The standard InChI is InChI=1S/C21H27F2N3O3S/c1-4-13-25(2)14-5-6-15-29-19-10-8-18(9-11-19)26(3)30(27,28)24-21-12-7-17(22)16-20(21)23/h4,7-12,16,24H,1,5-6,13-15H2,2-3H3. The molecule has 2 aromatic carbocycles. The van der Waals surface area contributed by atoms with Gasteiger partial charge in [-0.05, 0) is 62.8 Å². The zero-order valence-corrected chi connectivity index (χ0v) is 18.0. The molecular formula is C21H27F2N3O3S. The fourth-order valence-corrected chi connectivity index (χ4v) is 3.64. The van der Waals surface area contributed by atoms with Gasteiger partial charge in [0.05, 0.1) is 18.0 Å². The largest absolute Gasteiger partial charge is 0.494 e. The molecule has 30 heavy (non-hydrogen) atoms. The first-order valence-corrected chi connectivity index (χ1v) is 10.9. The van der Waals surface area contributed by atoms with Crippen LogP contribution in [0.3, 0.4) is 0 Å². The third kappa shape index (κ3) is 7.00. The van der Waals surface area contributed by atoms with E-state index in [1.54, 1.807) is 24.3 Å². The summed E-state index contributed by atoms with van der Waals surface area (Å²) >= 11 is 0. The number of unbranched alkanes of at least 4 members (excludes halogenated alkanes) is 1. The number of nitrogens with one attached hydrogen (secondary N) is 1. The first kappa shape index (κ1) is 23.6. The minimum atomic E-state index is -4.08. The Morgan fingerprint density at radius 1 is 1.10 bits per heavy atom. The molecule has 0 fully saturated rings. The summed E-state index contributed by atoms with van der Waals surface area (Å²) in [5.41, 5.74) is 0.0327. The van der Waals surface area contributed by atoms with Crippen molar-refractivity contribution in [1.82, 2.24) is 4.90 Å². The molecule has 0 heterocycles. The highest BCUT2D eigenvalue weighted by atomic mass is 32.2. The Hall–Kier alpha value is -2.65. The zero-order valence-electron chi connectivity index (χ0n) is 17.1. The minimum Gasteiger partial charge on any atom is -0.494 e. The maximum atomic E-state index is 13.7. The minimum absolute atomic E-state index is 0.332. The van der Waals surface area contributed by atoms with E-state index in [4.69, 9.17) is 4.74 Å². The predicted molar refractivity (Wildman–Crippen MR) is 116 cm³/mol. The summed E-state index contributed by atoms with van der Waals surface area (Å²) in [5.74, 6) is -1.16. The molecule has 0 bridgehead atoms. The van der Waals surface area contributed by atoms with Crippen molar-refractivity contribution in [3.63, 3.8) is 0 Å². The van der Waals surface area contributed by atoms with Gasteiger partial charge in [-0.15, -0.1) is 6.58 Å². The zero-order chi connectivity index (χ0) is 22.1. The van der Waals surface area contributed by atoms with Crippen LogP contribution in [0, 0.1) is 11.6 Å². The van der Waals surface area contributed by atoms with E-state index < -0.39 is 21.8 Å². The Morgan fingerprint density at radius 2 is 1.80 bits per heavy atom. The van der Waals surface area contributed by atoms with Crippen molar-refractivity contribution in [2.45, 2.75) is 12.8 Å². The van der Waals surface area contributed by atoms with E-state index in [0.29, 0.717) is 24.1 Å². The van der Waals surface area contributed by atoms with Crippen molar-refractivity contribution < 1.29 is 21.9 Å². The van der Waals surface area contributed by atoms with Gasteiger partial charge in [0.15, 0.2) is 0 Å². The topological polar surface area (TPSA) is 61.9 Å². The number of ether oxygens (including phenoxy) is 1. The van der Waals surface area contributed by atoms with Crippen LogP contribution in [0.2, 0.25) is 0 Å². The van der Waals surface area contributed by atoms with Crippen LogP contribution in [0.25, 0.3) is 0 Å². The van der Waals surface area contributed by atoms with Gasteiger partial charge in [-0.1, -0.05) is 6.08 Å². The molecule has 0 spiro atoms. The first-order valence-electron chi connectivity index (χ1n) is 9.47. The number of hydrogen-bond donors (Lipinski definition) is 1. The lowest BCUT2D eigenvalue weighted by Gasteiger charge is -2.21. The summed E-state index contributed by atoms with van der Waals surface area (Å²) in [7, 11) is -0.718. The highest BCUT2D eigenvalue weighted by Gasteiger charge is 2.20. The van der Waals surface area contributed by atoms with Crippen LogP contribution in [0.4, 0.5) is 20.2 Å². The number of hydrogen-bond acceptors (Lipinski definition) is 4. The average Bonchev–Trinajstić information content (AvgIpc) is 2.70. The van der Waals surface area contributed by atoms with Crippen LogP contribution in [-0.4, -0.2) is 47.1 Å². The number of nitrogens with zero attached hydrogens (tertiary/aromatic N) is 2. The van der Waals surface area contributed by atoms with Crippen molar-refractivity contribution in [1.29, 1.82) is 0 Å². The summed E-state index contributed by atoms with van der Waals surface area (Å²) in [4.78, 5) is 2.17. The second-order valence-electron chi connectivity index (χ2n) is 6.80. The normalized spacial score (nSPS) is 11.4. The van der Waals surface area contributed by atoms with Crippen molar-refractivity contribution in [2.24, 2.45) is 0 Å². The van der Waals surface area contributed by atoms with Crippen molar-refractivity contribution in [3.8, 4) is 5.75 Å². The molecule has 0 saturated heterocycles. The van der Waals surface area contributed by atoms with Crippen LogP contribution >= 0.6 is 0 Å². The molecule has 6 nitrogen and oxygen atoms in total. The summed E-state index contributed by atoms with van der Waals surface area (Å²) in [6, 6.07) is 9.14. The molecule has 2 rings (SSSR count). The second kappa shape index (κ2) is 10.9. The van der Waals surface area contributed by atoms with E-state index >= 15 is 0 Å². The molecule has 0 aliphatic carbocycles. The summed E-state index contributed by atoms with van der Waals surface area (Å²) in [5, 5.41) is 0. The van der Waals surface area contributed by atoms with E-state index in [-0.39, 0.29) is 5.69 Å². The predicted octanol–water partition coefficient (Wildman–Crippen LogP) is 4.03. The van der Waals surface area contributed by atoms with Crippen LogP contribution < -0.4 is 13.8 Å². The molecule has 9 heteroatoms. The Balaban J connectivity index is 1.89. The van der Waals surface area contributed by atoms with Gasteiger partial charge in [0.2, 0.25) is 0 Å². The fourth-order valence-electron chi connectivity index (χ4n) is 2.66. The van der Waals surface area contributed by atoms with E-state index in [2.05, 4.69) is 16.2 Å². The van der Waals surface area contributed by atoms with Crippen molar-refractivity contribution in [3.05, 3.63) is 66.8 Å². The Kier molecular flexibility index (Phi) is 8.61. The average molecular weight is 440 g/mol. The number of likely N-dealkylation sites (N-methyl/N-ethyl adjacent to an activating group) is 1. The molecule has 2 aromatic rings. The molecule has 164 valence electrons. The Labute approximate surface area is 176 Å². The molecule has 0 aromatic heterocycles. The fraction of sp³-hybridized carbons (Fsp3) is 0.333. The highest BCUT2D eigenvalue weighted by Crippen LogP contribution is 2.23. The monoisotopic (exact) mass is 439 g/mol. The first-order chi connectivity index (χ1) is 14.2. The maximum absolute atomic E-state index is 13.7. The SMILES string of the molecule is C=CCN(C)CCCCOc1ccc(N(C)S(=O)(=O)Nc2ccc(F)cc2F)cc1. The molecule has 0 radical (unpaired) electrons. The van der Waals surface area contributed by atoms with Gasteiger partial charge in [0, 0.05) is 19.7 Å². The maximum Gasteiger partial charge on any atom is 0.323 e. The van der Waals surface area contributed by atoms with Crippen LogP contribution in [0.1, 0.15) is 12.8 Å². The van der Waals surface area contributed by atoms with Gasteiger partial charge >= 0.3 is 10.2 Å². The number of halogens is 2. The van der Waals surface area contributed by atoms with Gasteiger partial charge in [-0.3, -0.25) is 9.03 Å². The van der Waals surface area contributed by atoms with Crippen LogP contribution in [-0.2, 0) is 10.2 Å². The van der Waals surface area contributed by atoms with Gasteiger partial charge in [0.25, 0.3) is 0 Å². The quantitative estimate of drug-likeness (QED) is 0.401. The lowest BCUT2D eigenvalue weighted by molar-refractivity contribution is 0.287. The molecule has 0 atom stereocenters. The number of benzene rings is 2. The number of rotatable bonds is 12. The smallest absolute Gasteiger partial charge is 0.323 e. The van der Waals surface area contributed by atoms with E-state index in [0.717, 1.165) is 42.4 Å². The molecule has 0 aliphatic heterocycles. The summed E-state index contributed by atoms with van der Waals surface area (Å²) in [6.45, 7) is 6.07. The third-order valence-corrected chi connectivity index (χ3v) is 5.78. The van der Waals surface area contributed by atoms with Crippen molar-refractivity contribution in [2.75, 3.05) is 42.8 Å². The molecule has 0 saturated carbocycles. The Morgan fingerprint density at radius 3 is 2.43 bits per heavy atom. The van der Waals surface area contributed by atoms with Gasteiger partial charge in [0.1, 0.15) is 17.4 Å². The van der Waals surface area contributed by atoms with E-state index in [1.807, 2.05) is 13.1 Å². The number of anilines is 2. The highest BCUT2D eigenvalue weighted by molar-refractivity contribution is 7.94. The van der Waals surface area contributed by atoms with Crippen LogP contribution in [0.15, 0.2) is 55.1 Å². The molecule has 0 aliphatic rings. The molecular weight excluding hydrogens is 412 g/mol.